The Kier molecular flexibility index (Phi) is 3.97. The molecule has 2 heterocycles. The summed E-state index contributed by atoms with van der Waals surface area (Å²) in [5.74, 6) is 0.608. The van der Waals surface area contributed by atoms with Crippen molar-refractivity contribution in [3.8, 4) is 0 Å². The van der Waals surface area contributed by atoms with E-state index < -0.39 is 0 Å². The van der Waals surface area contributed by atoms with Gasteiger partial charge < -0.3 is 10.2 Å². The molecule has 0 saturated carbocycles. The number of halogens is 2. The monoisotopic (exact) mass is 305 g/mol. The molecule has 0 saturated heterocycles. The van der Waals surface area contributed by atoms with E-state index in [1.165, 1.54) is 11.6 Å². The van der Waals surface area contributed by atoms with Crippen molar-refractivity contribution in [3.05, 3.63) is 52.4 Å². The fourth-order valence-corrected chi connectivity index (χ4v) is 2.80. The third-order valence-electron chi connectivity index (χ3n) is 3.66. The molecule has 0 atom stereocenters. The highest BCUT2D eigenvalue weighted by Crippen LogP contribution is 2.31. The van der Waals surface area contributed by atoms with Crippen LogP contribution in [0.2, 0.25) is 5.02 Å². The number of anilines is 2. The fourth-order valence-electron chi connectivity index (χ4n) is 2.64. The smallest absolute Gasteiger partial charge is 0.126 e. The average Bonchev–Trinajstić information content (AvgIpc) is 2.85. The second-order valence-electron chi connectivity index (χ2n) is 5.10. The minimum absolute atomic E-state index is 0.207. The van der Waals surface area contributed by atoms with Gasteiger partial charge in [0.15, 0.2) is 0 Å². The molecule has 1 aromatic heterocycles. The van der Waals surface area contributed by atoms with E-state index >= 15 is 0 Å². The first-order valence-electron chi connectivity index (χ1n) is 7.10. The van der Waals surface area contributed by atoms with Crippen molar-refractivity contribution in [2.75, 3.05) is 23.3 Å². The Balaban J connectivity index is 1.85. The molecule has 0 bridgehead atoms. The van der Waals surface area contributed by atoms with Crippen molar-refractivity contribution >= 4 is 23.1 Å². The van der Waals surface area contributed by atoms with Crippen molar-refractivity contribution in [2.24, 2.45) is 0 Å². The summed E-state index contributed by atoms with van der Waals surface area (Å²) in [6, 6.07) is 8.68. The van der Waals surface area contributed by atoms with Crippen LogP contribution in [-0.2, 0) is 13.0 Å². The van der Waals surface area contributed by atoms with Crippen molar-refractivity contribution < 1.29 is 4.39 Å². The maximum absolute atomic E-state index is 13.4. The fraction of sp³-hybridized carbons (Fsp3) is 0.312. The van der Waals surface area contributed by atoms with Gasteiger partial charge in [-0.05, 0) is 43.2 Å². The number of hydrogen-bond donors (Lipinski definition) is 1. The SMILES string of the molecule is CCNc1ccc(Cl)c(CN2CCc3ccc(F)cc32)n1. The molecule has 0 amide bonds. The lowest BCUT2D eigenvalue weighted by Crippen LogP contribution is -2.21. The van der Waals surface area contributed by atoms with Gasteiger partial charge in [0.1, 0.15) is 11.6 Å². The molecule has 5 heteroatoms. The Labute approximate surface area is 128 Å². The van der Waals surface area contributed by atoms with E-state index in [0.717, 1.165) is 36.7 Å². The number of nitrogens with one attached hydrogen (secondary N) is 1. The Morgan fingerprint density at radius 3 is 3.00 bits per heavy atom. The van der Waals surface area contributed by atoms with Gasteiger partial charge >= 0.3 is 0 Å². The molecule has 1 aromatic carbocycles. The highest BCUT2D eigenvalue weighted by molar-refractivity contribution is 6.31. The lowest BCUT2D eigenvalue weighted by Gasteiger charge is -2.20. The Morgan fingerprint density at radius 2 is 2.19 bits per heavy atom. The van der Waals surface area contributed by atoms with Gasteiger partial charge in [-0.25, -0.2) is 9.37 Å². The standard InChI is InChI=1S/C16H17ClFN3/c1-2-19-16-6-5-13(17)14(20-16)10-21-8-7-11-3-4-12(18)9-15(11)21/h3-6,9H,2,7-8,10H2,1H3,(H,19,20). The molecule has 0 spiro atoms. The van der Waals surface area contributed by atoms with Gasteiger partial charge in [0.25, 0.3) is 0 Å². The molecule has 1 N–H and O–H groups in total. The van der Waals surface area contributed by atoms with Crippen molar-refractivity contribution in [1.82, 2.24) is 4.98 Å². The Bertz CT molecular complexity index is 660. The van der Waals surface area contributed by atoms with E-state index in [0.29, 0.717) is 11.6 Å². The number of nitrogens with zero attached hydrogens (tertiary/aromatic N) is 2. The number of rotatable bonds is 4. The van der Waals surface area contributed by atoms with Crippen LogP contribution < -0.4 is 10.2 Å². The summed E-state index contributed by atoms with van der Waals surface area (Å²) >= 11 is 6.24. The number of benzene rings is 1. The van der Waals surface area contributed by atoms with Gasteiger partial charge in [0, 0.05) is 18.8 Å². The predicted molar refractivity (Wildman–Crippen MR) is 84.6 cm³/mol. The minimum Gasteiger partial charge on any atom is -0.370 e. The van der Waals surface area contributed by atoms with Gasteiger partial charge in [-0.2, -0.15) is 0 Å². The quantitative estimate of drug-likeness (QED) is 0.929. The molecule has 0 radical (unpaired) electrons. The van der Waals surface area contributed by atoms with E-state index in [1.54, 1.807) is 6.07 Å². The van der Waals surface area contributed by atoms with Crippen LogP contribution in [0.15, 0.2) is 30.3 Å². The van der Waals surface area contributed by atoms with Gasteiger partial charge in [0.05, 0.1) is 17.3 Å². The highest BCUT2D eigenvalue weighted by atomic mass is 35.5. The molecular weight excluding hydrogens is 289 g/mol. The zero-order valence-electron chi connectivity index (χ0n) is 11.9. The van der Waals surface area contributed by atoms with E-state index in [-0.39, 0.29) is 5.82 Å². The number of pyridine rings is 1. The summed E-state index contributed by atoms with van der Waals surface area (Å²) in [5, 5.41) is 3.82. The van der Waals surface area contributed by atoms with Gasteiger partial charge in [-0.3, -0.25) is 0 Å². The molecule has 1 aliphatic heterocycles. The Morgan fingerprint density at radius 1 is 1.33 bits per heavy atom. The first-order chi connectivity index (χ1) is 10.2. The predicted octanol–water partition coefficient (Wildman–Crippen LogP) is 3.87. The number of fused-ring (bicyclic) bond motifs is 1. The molecular formula is C16H17ClFN3. The lowest BCUT2D eigenvalue weighted by atomic mass is 10.2. The number of aromatic nitrogens is 1. The topological polar surface area (TPSA) is 28.2 Å². The summed E-state index contributed by atoms with van der Waals surface area (Å²) < 4.78 is 13.4. The van der Waals surface area contributed by atoms with Crippen LogP contribution in [0.1, 0.15) is 18.2 Å². The molecule has 110 valence electrons. The van der Waals surface area contributed by atoms with Crippen molar-refractivity contribution in [3.63, 3.8) is 0 Å². The maximum Gasteiger partial charge on any atom is 0.126 e. The van der Waals surface area contributed by atoms with Crippen LogP contribution in [-0.4, -0.2) is 18.1 Å². The van der Waals surface area contributed by atoms with Crippen LogP contribution >= 0.6 is 11.6 Å². The van der Waals surface area contributed by atoms with E-state index in [2.05, 4.69) is 15.2 Å². The summed E-state index contributed by atoms with van der Waals surface area (Å²) in [7, 11) is 0. The Hall–Kier alpha value is -1.81. The van der Waals surface area contributed by atoms with E-state index in [4.69, 9.17) is 11.6 Å². The van der Waals surface area contributed by atoms with E-state index in [1.807, 2.05) is 25.1 Å². The lowest BCUT2D eigenvalue weighted by molar-refractivity contribution is 0.627. The summed E-state index contributed by atoms with van der Waals surface area (Å²) in [6.07, 6.45) is 0.931. The first kappa shape index (κ1) is 14.1. The zero-order valence-corrected chi connectivity index (χ0v) is 12.6. The minimum atomic E-state index is -0.207. The maximum atomic E-state index is 13.4. The summed E-state index contributed by atoms with van der Waals surface area (Å²) in [6.45, 7) is 4.29. The molecule has 0 unspecified atom stereocenters. The molecule has 1 aliphatic rings. The van der Waals surface area contributed by atoms with E-state index in [9.17, 15) is 4.39 Å². The molecule has 21 heavy (non-hydrogen) atoms. The largest absolute Gasteiger partial charge is 0.370 e. The molecule has 3 nitrogen and oxygen atoms in total. The van der Waals surface area contributed by atoms with Crippen LogP contribution in [0, 0.1) is 5.82 Å². The average molecular weight is 306 g/mol. The third-order valence-corrected chi connectivity index (χ3v) is 4.00. The zero-order chi connectivity index (χ0) is 14.8. The molecule has 0 fully saturated rings. The second kappa shape index (κ2) is 5.90. The molecule has 2 aromatic rings. The van der Waals surface area contributed by atoms with Crippen LogP contribution in [0.4, 0.5) is 15.9 Å². The number of hydrogen-bond acceptors (Lipinski definition) is 3. The van der Waals surface area contributed by atoms with Gasteiger partial charge in [0.2, 0.25) is 0 Å². The summed E-state index contributed by atoms with van der Waals surface area (Å²) in [5.41, 5.74) is 2.93. The molecule has 3 rings (SSSR count). The first-order valence-corrected chi connectivity index (χ1v) is 7.48. The highest BCUT2D eigenvalue weighted by Gasteiger charge is 2.21. The molecule has 0 aliphatic carbocycles. The van der Waals surface area contributed by atoms with Crippen LogP contribution in [0.25, 0.3) is 0 Å². The van der Waals surface area contributed by atoms with Crippen molar-refractivity contribution in [2.45, 2.75) is 19.9 Å². The van der Waals surface area contributed by atoms with Gasteiger partial charge in [-0.15, -0.1) is 0 Å². The third kappa shape index (κ3) is 2.95. The van der Waals surface area contributed by atoms with Gasteiger partial charge in [-0.1, -0.05) is 17.7 Å². The normalized spacial score (nSPS) is 13.4. The second-order valence-corrected chi connectivity index (χ2v) is 5.51. The van der Waals surface area contributed by atoms with Crippen LogP contribution in [0.3, 0.4) is 0 Å². The van der Waals surface area contributed by atoms with Crippen molar-refractivity contribution in [1.29, 1.82) is 0 Å². The van der Waals surface area contributed by atoms with Crippen LogP contribution in [0.5, 0.6) is 0 Å². The summed E-state index contributed by atoms with van der Waals surface area (Å²) in [4.78, 5) is 6.67.